The number of nitrogens with zero attached hydrogens (tertiary/aromatic N) is 1. The Kier molecular flexibility index (Phi) is 5.66. The number of sulfonamides is 1. The number of aliphatic hydroxyl groups is 1. The summed E-state index contributed by atoms with van der Waals surface area (Å²) < 4.78 is 22.8. The highest BCUT2D eigenvalue weighted by Gasteiger charge is 2.14. The SMILES string of the molecule is CN(CC(=O)NCCCO)S(C)(=O)=O. The predicted octanol–water partition coefficient (Wildman–Crippen LogP) is -1.62. The summed E-state index contributed by atoms with van der Waals surface area (Å²) in [5.74, 6) is -0.369. The average Bonchev–Trinajstić information content (AvgIpc) is 2.03. The highest BCUT2D eigenvalue weighted by Crippen LogP contribution is 1.91. The summed E-state index contributed by atoms with van der Waals surface area (Å²) in [6, 6.07) is 0. The van der Waals surface area contributed by atoms with E-state index in [0.717, 1.165) is 10.6 Å². The van der Waals surface area contributed by atoms with Gasteiger partial charge < -0.3 is 10.4 Å². The Bertz CT molecular complexity index is 275. The molecule has 0 fully saturated rings. The lowest BCUT2D eigenvalue weighted by Gasteiger charge is -2.13. The van der Waals surface area contributed by atoms with Crippen LogP contribution in [0.15, 0.2) is 0 Å². The first-order chi connectivity index (χ1) is 6.38. The van der Waals surface area contributed by atoms with Crippen molar-refractivity contribution in [2.75, 3.05) is 33.0 Å². The molecule has 0 radical (unpaired) electrons. The fourth-order valence-electron chi connectivity index (χ4n) is 0.682. The molecule has 0 aliphatic carbocycles. The van der Waals surface area contributed by atoms with Crippen molar-refractivity contribution in [1.29, 1.82) is 0 Å². The summed E-state index contributed by atoms with van der Waals surface area (Å²) in [5.41, 5.74) is 0. The van der Waals surface area contributed by atoms with Crippen molar-refractivity contribution >= 4 is 15.9 Å². The third-order valence-electron chi connectivity index (χ3n) is 1.59. The number of hydrogen-bond acceptors (Lipinski definition) is 4. The molecule has 0 saturated carbocycles. The Morgan fingerprint density at radius 2 is 2.07 bits per heavy atom. The summed E-state index contributed by atoms with van der Waals surface area (Å²) in [6.07, 6.45) is 1.50. The molecule has 6 nitrogen and oxygen atoms in total. The highest BCUT2D eigenvalue weighted by molar-refractivity contribution is 7.88. The minimum atomic E-state index is -3.31. The molecule has 7 heteroatoms. The Labute approximate surface area is 84.0 Å². The van der Waals surface area contributed by atoms with Crippen LogP contribution in [-0.2, 0) is 14.8 Å². The molecule has 0 aromatic rings. The van der Waals surface area contributed by atoms with Crippen molar-refractivity contribution in [3.05, 3.63) is 0 Å². The molecule has 84 valence electrons. The lowest BCUT2D eigenvalue weighted by atomic mass is 10.4. The maximum absolute atomic E-state index is 11.1. The third kappa shape index (κ3) is 5.90. The second-order valence-corrected chi connectivity index (χ2v) is 5.04. The number of carbonyl (C=O) groups excluding carboxylic acids is 1. The van der Waals surface area contributed by atoms with Gasteiger partial charge in [-0.2, -0.15) is 4.31 Å². The second-order valence-electron chi connectivity index (χ2n) is 2.95. The van der Waals surface area contributed by atoms with E-state index in [1.54, 1.807) is 0 Å². The van der Waals surface area contributed by atoms with Crippen LogP contribution in [0.2, 0.25) is 0 Å². The third-order valence-corrected chi connectivity index (χ3v) is 2.85. The van der Waals surface area contributed by atoms with Crippen LogP contribution in [0.5, 0.6) is 0 Å². The second kappa shape index (κ2) is 5.94. The van der Waals surface area contributed by atoms with Crippen molar-refractivity contribution in [2.45, 2.75) is 6.42 Å². The molecule has 0 spiro atoms. The first-order valence-electron chi connectivity index (χ1n) is 4.17. The van der Waals surface area contributed by atoms with Gasteiger partial charge in [-0.25, -0.2) is 8.42 Å². The van der Waals surface area contributed by atoms with Crippen LogP contribution in [0.1, 0.15) is 6.42 Å². The monoisotopic (exact) mass is 224 g/mol. The summed E-state index contributed by atoms with van der Waals surface area (Å²) in [7, 11) is -1.97. The Morgan fingerprint density at radius 1 is 1.50 bits per heavy atom. The van der Waals surface area contributed by atoms with Gasteiger partial charge in [0.25, 0.3) is 0 Å². The molecule has 0 bridgehead atoms. The van der Waals surface area contributed by atoms with Gasteiger partial charge in [0.05, 0.1) is 12.8 Å². The van der Waals surface area contributed by atoms with Crippen LogP contribution in [0, 0.1) is 0 Å². The Hall–Kier alpha value is -0.660. The van der Waals surface area contributed by atoms with Crippen LogP contribution in [0.3, 0.4) is 0 Å². The molecular weight excluding hydrogens is 208 g/mol. The summed E-state index contributed by atoms with van der Waals surface area (Å²) >= 11 is 0. The number of rotatable bonds is 6. The maximum atomic E-state index is 11.1. The van der Waals surface area contributed by atoms with Gasteiger partial charge in [0.2, 0.25) is 15.9 Å². The van der Waals surface area contributed by atoms with Gasteiger partial charge in [-0.3, -0.25) is 4.79 Å². The summed E-state index contributed by atoms with van der Waals surface area (Å²) in [5, 5.41) is 10.9. The van der Waals surface area contributed by atoms with E-state index in [9.17, 15) is 13.2 Å². The molecular formula is C7H16N2O4S. The summed E-state index contributed by atoms with van der Waals surface area (Å²) in [6.45, 7) is 0.166. The first-order valence-corrected chi connectivity index (χ1v) is 6.01. The van der Waals surface area contributed by atoms with Crippen molar-refractivity contribution in [3.63, 3.8) is 0 Å². The van der Waals surface area contributed by atoms with Gasteiger partial charge in [-0.15, -0.1) is 0 Å². The Balaban J connectivity index is 3.84. The van der Waals surface area contributed by atoms with E-state index in [2.05, 4.69) is 5.32 Å². The Morgan fingerprint density at radius 3 is 2.50 bits per heavy atom. The van der Waals surface area contributed by atoms with E-state index in [0.29, 0.717) is 13.0 Å². The van der Waals surface area contributed by atoms with E-state index in [1.807, 2.05) is 0 Å². The molecule has 0 saturated heterocycles. The van der Waals surface area contributed by atoms with Crippen LogP contribution < -0.4 is 5.32 Å². The standard InChI is InChI=1S/C7H16N2O4S/c1-9(14(2,12)13)6-7(11)8-4-3-5-10/h10H,3-6H2,1-2H3,(H,8,11). The number of likely N-dealkylation sites (N-methyl/N-ethyl adjacent to an activating group) is 1. The van der Waals surface area contributed by atoms with Gasteiger partial charge in [0.1, 0.15) is 0 Å². The van der Waals surface area contributed by atoms with Gasteiger partial charge in [-0.1, -0.05) is 0 Å². The topological polar surface area (TPSA) is 86.7 Å². The van der Waals surface area contributed by atoms with Gasteiger partial charge in [0, 0.05) is 20.2 Å². The smallest absolute Gasteiger partial charge is 0.235 e. The van der Waals surface area contributed by atoms with Crippen molar-refractivity contribution in [2.24, 2.45) is 0 Å². The maximum Gasteiger partial charge on any atom is 0.235 e. The van der Waals surface area contributed by atoms with E-state index in [-0.39, 0.29) is 19.1 Å². The zero-order valence-corrected chi connectivity index (χ0v) is 9.17. The summed E-state index contributed by atoms with van der Waals surface area (Å²) in [4.78, 5) is 11.1. The van der Waals surface area contributed by atoms with Crippen LogP contribution >= 0.6 is 0 Å². The number of hydrogen-bond donors (Lipinski definition) is 2. The van der Waals surface area contributed by atoms with Gasteiger partial charge in [-0.05, 0) is 6.42 Å². The minimum Gasteiger partial charge on any atom is -0.396 e. The quantitative estimate of drug-likeness (QED) is 0.531. The number of aliphatic hydroxyl groups excluding tert-OH is 1. The van der Waals surface area contributed by atoms with Gasteiger partial charge in [0.15, 0.2) is 0 Å². The number of amides is 1. The molecule has 0 aliphatic rings. The lowest BCUT2D eigenvalue weighted by Crippen LogP contribution is -2.38. The zero-order chi connectivity index (χ0) is 11.2. The molecule has 0 atom stereocenters. The molecule has 0 aromatic heterocycles. The van der Waals surface area contributed by atoms with E-state index in [1.165, 1.54) is 7.05 Å². The van der Waals surface area contributed by atoms with E-state index in [4.69, 9.17) is 5.11 Å². The number of carbonyl (C=O) groups is 1. The molecule has 0 aromatic carbocycles. The fourth-order valence-corrected chi connectivity index (χ4v) is 1.03. The fraction of sp³-hybridized carbons (Fsp3) is 0.857. The van der Waals surface area contributed by atoms with Crippen molar-refractivity contribution in [3.8, 4) is 0 Å². The first kappa shape index (κ1) is 13.3. The van der Waals surface area contributed by atoms with Crippen molar-refractivity contribution in [1.82, 2.24) is 9.62 Å². The van der Waals surface area contributed by atoms with Crippen molar-refractivity contribution < 1.29 is 18.3 Å². The van der Waals surface area contributed by atoms with Crippen LogP contribution in [-0.4, -0.2) is 56.7 Å². The van der Waals surface area contributed by atoms with Crippen LogP contribution in [0.4, 0.5) is 0 Å². The van der Waals surface area contributed by atoms with Crippen LogP contribution in [0.25, 0.3) is 0 Å². The van der Waals surface area contributed by atoms with E-state index >= 15 is 0 Å². The lowest BCUT2D eigenvalue weighted by molar-refractivity contribution is -0.121. The molecule has 0 unspecified atom stereocenters. The molecule has 0 heterocycles. The molecule has 14 heavy (non-hydrogen) atoms. The minimum absolute atomic E-state index is 0.00218. The molecule has 0 rings (SSSR count). The number of nitrogens with one attached hydrogen (secondary N) is 1. The van der Waals surface area contributed by atoms with Gasteiger partial charge >= 0.3 is 0 Å². The molecule has 0 aliphatic heterocycles. The average molecular weight is 224 g/mol. The van der Waals surface area contributed by atoms with E-state index < -0.39 is 10.0 Å². The predicted molar refractivity (Wildman–Crippen MR) is 52.2 cm³/mol. The normalized spacial score (nSPS) is 11.7. The molecule has 2 N–H and O–H groups in total. The zero-order valence-electron chi connectivity index (χ0n) is 8.36. The largest absolute Gasteiger partial charge is 0.396 e. The highest BCUT2D eigenvalue weighted by atomic mass is 32.2. The molecule has 1 amide bonds.